The van der Waals surface area contributed by atoms with Gasteiger partial charge >= 0.3 is 0 Å². The van der Waals surface area contributed by atoms with Gasteiger partial charge in [0.25, 0.3) is 15.9 Å². The number of carbonyl (C=O) groups excluding carboxylic acids is 1. The molecule has 0 aliphatic carbocycles. The summed E-state index contributed by atoms with van der Waals surface area (Å²) in [7, 11) is -1.32. The van der Waals surface area contributed by atoms with Gasteiger partial charge in [-0.1, -0.05) is 0 Å². The van der Waals surface area contributed by atoms with Crippen molar-refractivity contribution in [1.82, 2.24) is 4.72 Å². The summed E-state index contributed by atoms with van der Waals surface area (Å²) in [6.07, 6.45) is 0. The third kappa shape index (κ3) is 3.67. The van der Waals surface area contributed by atoms with E-state index in [0.29, 0.717) is 22.8 Å². The Labute approximate surface area is 154 Å². The summed E-state index contributed by atoms with van der Waals surface area (Å²) in [5.41, 5.74) is 0.800. The first kappa shape index (κ1) is 19.3. The molecule has 0 aliphatic rings. The topological polar surface area (TPSA) is 94.8 Å². The summed E-state index contributed by atoms with van der Waals surface area (Å²) in [6, 6.07) is 2.73. The average Bonchev–Trinajstić information content (AvgIpc) is 2.78. The van der Waals surface area contributed by atoms with Crippen LogP contribution in [0.15, 0.2) is 25.9 Å². The molecular weight excluding hydrogens is 414 g/mol. The lowest BCUT2D eigenvalue weighted by atomic mass is 10.1. The molecule has 25 heavy (non-hydrogen) atoms. The number of ether oxygens (including phenoxy) is 2. The number of aryl methyl sites for hydroxylation is 2. The van der Waals surface area contributed by atoms with E-state index in [1.54, 1.807) is 20.8 Å². The molecule has 1 amide bonds. The highest BCUT2D eigenvalue weighted by Crippen LogP contribution is 2.35. The van der Waals surface area contributed by atoms with Gasteiger partial charge in [0, 0.05) is 16.1 Å². The molecule has 0 aliphatic heterocycles. The normalized spacial score (nSPS) is 11.3. The summed E-state index contributed by atoms with van der Waals surface area (Å²) >= 11 is 3.18. The lowest BCUT2D eigenvalue weighted by Crippen LogP contribution is -2.31. The van der Waals surface area contributed by atoms with Gasteiger partial charge in [-0.3, -0.25) is 4.79 Å². The number of nitrogens with one attached hydrogen (secondary N) is 1. The number of amides is 1. The second-order valence-corrected chi connectivity index (χ2v) is 7.79. The minimum absolute atomic E-state index is 0.144. The summed E-state index contributed by atoms with van der Waals surface area (Å²) < 4.78 is 43.2. The molecule has 9 heteroatoms. The molecule has 0 fully saturated rings. The molecule has 2 rings (SSSR count). The summed E-state index contributed by atoms with van der Waals surface area (Å²) in [5, 5.41) is 0. The van der Waals surface area contributed by atoms with Crippen LogP contribution in [0.4, 0.5) is 0 Å². The maximum Gasteiger partial charge on any atom is 0.268 e. The maximum absolute atomic E-state index is 12.6. The lowest BCUT2D eigenvalue weighted by molar-refractivity contribution is 0.0979. The van der Waals surface area contributed by atoms with Crippen molar-refractivity contribution in [1.29, 1.82) is 0 Å². The predicted octanol–water partition coefficient (Wildman–Crippen LogP) is 3.10. The molecule has 1 aromatic carbocycles. The average molecular weight is 432 g/mol. The van der Waals surface area contributed by atoms with Crippen molar-refractivity contribution in [2.24, 2.45) is 0 Å². The standard InChI is InChI=1S/C16H18BrNO6S/c1-8-9(2)24-10(3)15(8)16(19)18-25(20,21)14-7-13(23-5)12(22-4)6-11(14)17/h6-7H,1-5H3,(H,18,19). The molecule has 0 saturated heterocycles. The molecule has 1 heterocycles. The van der Waals surface area contributed by atoms with Crippen LogP contribution in [0, 0.1) is 20.8 Å². The van der Waals surface area contributed by atoms with Crippen molar-refractivity contribution in [2.75, 3.05) is 14.2 Å². The maximum atomic E-state index is 12.6. The van der Waals surface area contributed by atoms with E-state index >= 15 is 0 Å². The summed E-state index contributed by atoms with van der Waals surface area (Å²) in [5.74, 6) is 0.747. The molecule has 0 saturated carbocycles. The highest BCUT2D eigenvalue weighted by Gasteiger charge is 2.27. The van der Waals surface area contributed by atoms with Crippen LogP contribution >= 0.6 is 15.9 Å². The quantitative estimate of drug-likeness (QED) is 0.781. The van der Waals surface area contributed by atoms with Gasteiger partial charge in [0.15, 0.2) is 11.5 Å². The van der Waals surface area contributed by atoms with Gasteiger partial charge in [0.1, 0.15) is 16.4 Å². The molecule has 0 bridgehead atoms. The number of methoxy groups -OCH3 is 2. The largest absolute Gasteiger partial charge is 0.493 e. The van der Waals surface area contributed by atoms with Gasteiger partial charge in [0.05, 0.1) is 19.8 Å². The van der Waals surface area contributed by atoms with Crippen LogP contribution in [0.2, 0.25) is 0 Å². The Morgan fingerprint density at radius 2 is 1.64 bits per heavy atom. The third-order valence-electron chi connectivity index (χ3n) is 3.74. The highest BCUT2D eigenvalue weighted by atomic mass is 79.9. The van der Waals surface area contributed by atoms with Crippen molar-refractivity contribution >= 4 is 31.9 Å². The Hall–Kier alpha value is -2.00. The first-order chi connectivity index (χ1) is 11.6. The van der Waals surface area contributed by atoms with Gasteiger partial charge in [0.2, 0.25) is 0 Å². The van der Waals surface area contributed by atoms with Gasteiger partial charge in [-0.25, -0.2) is 13.1 Å². The Bertz CT molecular complexity index is 933. The SMILES string of the molecule is COc1cc(Br)c(S(=O)(=O)NC(=O)c2c(C)oc(C)c2C)cc1OC. The van der Waals surface area contributed by atoms with Crippen LogP contribution in [0.5, 0.6) is 11.5 Å². The molecule has 136 valence electrons. The number of carbonyl (C=O) groups is 1. The van der Waals surface area contributed by atoms with E-state index in [4.69, 9.17) is 13.9 Å². The van der Waals surface area contributed by atoms with Crippen molar-refractivity contribution in [2.45, 2.75) is 25.7 Å². The number of hydrogen-bond acceptors (Lipinski definition) is 6. The zero-order valence-corrected chi connectivity index (χ0v) is 16.8. The molecule has 0 radical (unpaired) electrons. The highest BCUT2D eigenvalue weighted by molar-refractivity contribution is 9.10. The van der Waals surface area contributed by atoms with Crippen LogP contribution in [-0.2, 0) is 10.0 Å². The van der Waals surface area contributed by atoms with Crippen LogP contribution in [0.25, 0.3) is 0 Å². The summed E-state index contributed by atoms with van der Waals surface area (Å²) in [6.45, 7) is 5.01. The number of hydrogen-bond donors (Lipinski definition) is 1. The molecule has 2 aromatic rings. The van der Waals surface area contributed by atoms with Gasteiger partial charge in [-0.2, -0.15) is 0 Å². The van der Waals surface area contributed by atoms with E-state index < -0.39 is 15.9 Å². The van der Waals surface area contributed by atoms with Crippen molar-refractivity contribution in [3.8, 4) is 11.5 Å². The molecule has 0 spiro atoms. The molecule has 0 atom stereocenters. The number of benzene rings is 1. The number of sulfonamides is 1. The second kappa shape index (κ2) is 7.09. The van der Waals surface area contributed by atoms with Crippen molar-refractivity contribution in [3.05, 3.63) is 39.3 Å². The Morgan fingerprint density at radius 1 is 1.08 bits per heavy atom. The van der Waals surface area contributed by atoms with E-state index in [1.165, 1.54) is 26.4 Å². The first-order valence-corrected chi connectivity index (χ1v) is 9.45. The number of rotatable bonds is 5. The minimum Gasteiger partial charge on any atom is -0.493 e. The van der Waals surface area contributed by atoms with Gasteiger partial charge in [-0.05, 0) is 42.8 Å². The Kier molecular flexibility index (Phi) is 5.48. The fourth-order valence-corrected chi connectivity index (χ4v) is 4.39. The van der Waals surface area contributed by atoms with Crippen molar-refractivity contribution in [3.63, 3.8) is 0 Å². The van der Waals surface area contributed by atoms with E-state index in [2.05, 4.69) is 20.7 Å². The zero-order chi connectivity index (χ0) is 18.9. The van der Waals surface area contributed by atoms with E-state index in [-0.39, 0.29) is 20.7 Å². The summed E-state index contributed by atoms with van der Waals surface area (Å²) in [4.78, 5) is 12.3. The monoisotopic (exact) mass is 431 g/mol. The molecular formula is C16H18BrNO6S. The first-order valence-electron chi connectivity index (χ1n) is 7.17. The fraction of sp³-hybridized carbons (Fsp3) is 0.312. The predicted molar refractivity (Wildman–Crippen MR) is 94.8 cm³/mol. The fourth-order valence-electron chi connectivity index (χ4n) is 2.40. The van der Waals surface area contributed by atoms with Crippen LogP contribution in [0.1, 0.15) is 27.4 Å². The zero-order valence-electron chi connectivity index (χ0n) is 14.4. The smallest absolute Gasteiger partial charge is 0.268 e. The van der Waals surface area contributed by atoms with Crippen LogP contribution in [0.3, 0.4) is 0 Å². The second-order valence-electron chi connectivity index (χ2n) is 5.29. The number of halogens is 1. The Morgan fingerprint density at radius 3 is 2.12 bits per heavy atom. The van der Waals surface area contributed by atoms with E-state index in [9.17, 15) is 13.2 Å². The molecule has 7 nitrogen and oxygen atoms in total. The van der Waals surface area contributed by atoms with Gasteiger partial charge < -0.3 is 13.9 Å². The van der Waals surface area contributed by atoms with E-state index in [0.717, 1.165) is 0 Å². The van der Waals surface area contributed by atoms with Crippen LogP contribution in [-0.4, -0.2) is 28.5 Å². The van der Waals surface area contributed by atoms with Crippen molar-refractivity contribution < 1.29 is 27.1 Å². The molecule has 0 unspecified atom stereocenters. The minimum atomic E-state index is -4.14. The van der Waals surface area contributed by atoms with Crippen LogP contribution < -0.4 is 14.2 Å². The lowest BCUT2D eigenvalue weighted by Gasteiger charge is -2.13. The molecule has 1 N–H and O–H groups in total. The molecule has 1 aromatic heterocycles. The number of furan rings is 1. The van der Waals surface area contributed by atoms with E-state index in [1.807, 2.05) is 0 Å². The van der Waals surface area contributed by atoms with Gasteiger partial charge in [-0.15, -0.1) is 0 Å². The Balaban J connectivity index is 2.44. The third-order valence-corrected chi connectivity index (χ3v) is 6.03.